The summed E-state index contributed by atoms with van der Waals surface area (Å²) in [5.74, 6) is -0.153. The molecule has 1 aromatic carbocycles. The molecule has 1 atom stereocenters. The van der Waals surface area contributed by atoms with Gasteiger partial charge < -0.3 is 10.6 Å². The van der Waals surface area contributed by atoms with Crippen molar-refractivity contribution in [2.24, 2.45) is 5.73 Å². The molecule has 1 rings (SSSR count). The average Bonchev–Trinajstić information content (AvgIpc) is 2.15. The number of hydrogen-bond donors (Lipinski definition) is 1. The molecule has 0 amide bonds. The third-order valence-electron chi connectivity index (χ3n) is 2.33. The predicted molar refractivity (Wildman–Crippen MR) is 56.5 cm³/mol. The highest BCUT2D eigenvalue weighted by atomic mass is 19.1. The molecule has 2 N–H and O–H groups in total. The summed E-state index contributed by atoms with van der Waals surface area (Å²) in [5.41, 5.74) is 6.23. The van der Waals surface area contributed by atoms with E-state index in [1.807, 2.05) is 31.1 Å². The Kier molecular flexibility index (Phi) is 4.04. The van der Waals surface area contributed by atoms with Crippen LogP contribution in [0, 0.1) is 5.82 Å². The predicted octanol–water partition coefficient (Wildman–Crippen LogP) is 1.78. The summed E-state index contributed by atoms with van der Waals surface area (Å²) in [6, 6.07) is 6.93. The minimum atomic E-state index is -0.153. The van der Waals surface area contributed by atoms with E-state index in [1.54, 1.807) is 6.07 Å². The lowest BCUT2D eigenvalue weighted by molar-refractivity contribution is 0.280. The zero-order valence-corrected chi connectivity index (χ0v) is 8.70. The van der Waals surface area contributed by atoms with Gasteiger partial charge in [0.05, 0.1) is 0 Å². The summed E-state index contributed by atoms with van der Waals surface area (Å²) in [6.07, 6.45) is 0.772. The number of benzene rings is 1. The Bertz CT molecular complexity index is 286. The maximum Gasteiger partial charge on any atom is 0.127 e. The molecule has 0 bridgehead atoms. The van der Waals surface area contributed by atoms with Crippen molar-refractivity contribution in [3.63, 3.8) is 0 Å². The summed E-state index contributed by atoms with van der Waals surface area (Å²) in [6.45, 7) is 0.567. The van der Waals surface area contributed by atoms with Crippen molar-refractivity contribution in [3.05, 3.63) is 35.6 Å². The Morgan fingerprint density at radius 1 is 1.36 bits per heavy atom. The van der Waals surface area contributed by atoms with Crippen molar-refractivity contribution < 1.29 is 4.39 Å². The van der Waals surface area contributed by atoms with Crippen LogP contribution in [0.25, 0.3) is 0 Å². The molecule has 0 saturated carbocycles. The van der Waals surface area contributed by atoms with Gasteiger partial charge in [0.25, 0.3) is 0 Å². The molecule has 1 aromatic rings. The number of nitrogens with zero attached hydrogens (tertiary/aromatic N) is 1. The molecule has 0 aliphatic heterocycles. The van der Waals surface area contributed by atoms with E-state index in [2.05, 4.69) is 0 Å². The SMILES string of the molecule is CN(C)C(CCN)c1ccccc1F. The van der Waals surface area contributed by atoms with Crippen LogP contribution in [-0.2, 0) is 0 Å². The van der Waals surface area contributed by atoms with Gasteiger partial charge in [-0.2, -0.15) is 0 Å². The largest absolute Gasteiger partial charge is 0.330 e. The Morgan fingerprint density at radius 2 is 2.00 bits per heavy atom. The van der Waals surface area contributed by atoms with Crippen LogP contribution in [0.1, 0.15) is 18.0 Å². The van der Waals surface area contributed by atoms with E-state index in [4.69, 9.17) is 5.73 Å². The fourth-order valence-corrected chi connectivity index (χ4v) is 1.60. The Hall–Kier alpha value is -0.930. The van der Waals surface area contributed by atoms with Gasteiger partial charge >= 0.3 is 0 Å². The first-order chi connectivity index (χ1) is 6.66. The Morgan fingerprint density at radius 3 is 2.50 bits per heavy atom. The van der Waals surface area contributed by atoms with Gasteiger partial charge in [0.2, 0.25) is 0 Å². The molecule has 2 nitrogen and oxygen atoms in total. The van der Waals surface area contributed by atoms with Crippen LogP contribution in [0.15, 0.2) is 24.3 Å². The number of nitrogens with two attached hydrogens (primary N) is 1. The highest BCUT2D eigenvalue weighted by Crippen LogP contribution is 2.23. The van der Waals surface area contributed by atoms with Crippen molar-refractivity contribution in [1.82, 2.24) is 4.90 Å². The molecule has 0 fully saturated rings. The van der Waals surface area contributed by atoms with Crippen LogP contribution in [0.3, 0.4) is 0 Å². The van der Waals surface area contributed by atoms with Crippen LogP contribution in [0.5, 0.6) is 0 Å². The first-order valence-corrected chi connectivity index (χ1v) is 4.77. The van der Waals surface area contributed by atoms with E-state index < -0.39 is 0 Å². The second-order valence-corrected chi connectivity index (χ2v) is 3.58. The topological polar surface area (TPSA) is 29.3 Å². The van der Waals surface area contributed by atoms with Gasteiger partial charge in [-0.3, -0.25) is 0 Å². The smallest absolute Gasteiger partial charge is 0.127 e. The monoisotopic (exact) mass is 196 g/mol. The maximum atomic E-state index is 13.5. The second-order valence-electron chi connectivity index (χ2n) is 3.58. The van der Waals surface area contributed by atoms with E-state index in [-0.39, 0.29) is 11.9 Å². The van der Waals surface area contributed by atoms with Crippen LogP contribution in [0.2, 0.25) is 0 Å². The first kappa shape index (κ1) is 11.1. The molecule has 0 spiro atoms. The lowest BCUT2D eigenvalue weighted by Gasteiger charge is -2.24. The molecule has 0 aromatic heterocycles. The van der Waals surface area contributed by atoms with Crippen molar-refractivity contribution in [2.45, 2.75) is 12.5 Å². The standard InChI is InChI=1S/C11H17FN2/c1-14(2)11(7-8-13)9-5-3-4-6-10(9)12/h3-6,11H,7-8,13H2,1-2H3. The minimum absolute atomic E-state index is 0.0706. The lowest BCUT2D eigenvalue weighted by atomic mass is 10.0. The summed E-state index contributed by atoms with van der Waals surface area (Å²) in [5, 5.41) is 0. The van der Waals surface area contributed by atoms with E-state index >= 15 is 0 Å². The van der Waals surface area contributed by atoms with E-state index in [9.17, 15) is 4.39 Å². The fraction of sp³-hybridized carbons (Fsp3) is 0.455. The summed E-state index contributed by atoms with van der Waals surface area (Å²) >= 11 is 0. The molecule has 1 unspecified atom stereocenters. The third-order valence-corrected chi connectivity index (χ3v) is 2.33. The summed E-state index contributed by atoms with van der Waals surface area (Å²) in [4.78, 5) is 1.99. The van der Waals surface area contributed by atoms with Gasteiger partial charge in [-0.1, -0.05) is 18.2 Å². The van der Waals surface area contributed by atoms with Crippen LogP contribution in [-0.4, -0.2) is 25.5 Å². The molecule has 0 radical (unpaired) electrons. The van der Waals surface area contributed by atoms with Crippen molar-refractivity contribution in [3.8, 4) is 0 Å². The maximum absolute atomic E-state index is 13.5. The number of rotatable bonds is 4. The molecule has 3 heteroatoms. The van der Waals surface area contributed by atoms with Crippen LogP contribution >= 0.6 is 0 Å². The van der Waals surface area contributed by atoms with Gasteiger partial charge in [-0.15, -0.1) is 0 Å². The minimum Gasteiger partial charge on any atom is -0.330 e. The molecule has 14 heavy (non-hydrogen) atoms. The van der Waals surface area contributed by atoms with Gasteiger partial charge in [-0.25, -0.2) is 4.39 Å². The third kappa shape index (κ3) is 2.53. The van der Waals surface area contributed by atoms with Gasteiger partial charge in [0.1, 0.15) is 5.82 Å². The second kappa shape index (κ2) is 5.08. The molecule has 78 valence electrons. The lowest BCUT2D eigenvalue weighted by Crippen LogP contribution is -2.23. The number of hydrogen-bond acceptors (Lipinski definition) is 2. The van der Waals surface area contributed by atoms with Gasteiger partial charge in [-0.05, 0) is 33.1 Å². The zero-order chi connectivity index (χ0) is 10.6. The highest BCUT2D eigenvalue weighted by Gasteiger charge is 2.16. The molecule has 0 heterocycles. The van der Waals surface area contributed by atoms with Gasteiger partial charge in [0, 0.05) is 11.6 Å². The fourth-order valence-electron chi connectivity index (χ4n) is 1.60. The van der Waals surface area contributed by atoms with E-state index in [0.717, 1.165) is 12.0 Å². The van der Waals surface area contributed by atoms with Crippen molar-refractivity contribution in [2.75, 3.05) is 20.6 Å². The van der Waals surface area contributed by atoms with Gasteiger partial charge in [0.15, 0.2) is 0 Å². The average molecular weight is 196 g/mol. The molecule has 0 aliphatic rings. The van der Waals surface area contributed by atoms with Crippen LogP contribution in [0.4, 0.5) is 4.39 Å². The normalized spacial score (nSPS) is 13.2. The van der Waals surface area contributed by atoms with Crippen molar-refractivity contribution in [1.29, 1.82) is 0 Å². The Balaban J connectivity index is 2.93. The molecular formula is C11H17FN2. The molecular weight excluding hydrogens is 179 g/mol. The first-order valence-electron chi connectivity index (χ1n) is 4.77. The quantitative estimate of drug-likeness (QED) is 0.795. The zero-order valence-electron chi connectivity index (χ0n) is 8.70. The highest BCUT2D eigenvalue weighted by molar-refractivity contribution is 5.21. The molecule has 0 aliphatic carbocycles. The number of halogens is 1. The van der Waals surface area contributed by atoms with Crippen molar-refractivity contribution >= 4 is 0 Å². The van der Waals surface area contributed by atoms with E-state index in [1.165, 1.54) is 6.07 Å². The molecule has 0 saturated heterocycles. The van der Waals surface area contributed by atoms with Crippen LogP contribution < -0.4 is 5.73 Å². The van der Waals surface area contributed by atoms with E-state index in [0.29, 0.717) is 6.54 Å². The summed E-state index contributed by atoms with van der Waals surface area (Å²) in [7, 11) is 3.87. The Labute approximate surface area is 84.5 Å². The summed E-state index contributed by atoms with van der Waals surface area (Å²) < 4.78 is 13.5.